The van der Waals surface area contributed by atoms with E-state index in [0.717, 1.165) is 42.6 Å². The van der Waals surface area contributed by atoms with Gasteiger partial charge in [-0.3, -0.25) is 9.69 Å². The number of aryl methyl sites for hydroxylation is 2. The number of hydrogen-bond donors (Lipinski definition) is 1. The van der Waals surface area contributed by atoms with Crippen LogP contribution in [0.2, 0.25) is 0 Å². The zero-order valence-corrected chi connectivity index (χ0v) is 18.1. The van der Waals surface area contributed by atoms with E-state index < -0.39 is 0 Å². The second-order valence-corrected chi connectivity index (χ2v) is 8.07. The number of likely N-dealkylation sites (N-methyl/N-ethyl adjacent to an activating group) is 1. The Kier molecular flexibility index (Phi) is 5.94. The third kappa shape index (κ3) is 4.00. The topological polar surface area (TPSA) is 92.2 Å². The van der Waals surface area contributed by atoms with E-state index in [4.69, 9.17) is 4.74 Å². The summed E-state index contributed by atoms with van der Waals surface area (Å²) in [5, 5.41) is 13.4. The molecule has 3 heterocycles. The van der Waals surface area contributed by atoms with Crippen molar-refractivity contribution in [3.05, 3.63) is 51.1 Å². The van der Waals surface area contributed by atoms with Gasteiger partial charge >= 0.3 is 0 Å². The number of nitrogens with one attached hydrogen (secondary N) is 1. The molecule has 0 radical (unpaired) electrons. The maximum absolute atomic E-state index is 13.2. The van der Waals surface area contributed by atoms with Crippen molar-refractivity contribution in [2.75, 3.05) is 46.9 Å². The highest BCUT2D eigenvalue weighted by atomic mass is 16.5. The maximum Gasteiger partial charge on any atom is 0.253 e. The number of H-pyrrole nitrogens is 1. The first kappa shape index (κ1) is 20.6. The van der Waals surface area contributed by atoms with Crippen molar-refractivity contribution in [3.63, 3.8) is 0 Å². The Morgan fingerprint density at radius 2 is 1.87 bits per heavy atom. The van der Waals surface area contributed by atoms with E-state index in [-0.39, 0.29) is 11.6 Å². The molecule has 1 aromatic carbocycles. The van der Waals surface area contributed by atoms with Crippen LogP contribution in [-0.4, -0.2) is 81.9 Å². The number of fused-ring (bicyclic) bond motifs is 1. The van der Waals surface area contributed by atoms with Gasteiger partial charge in [0.2, 0.25) is 0 Å². The summed E-state index contributed by atoms with van der Waals surface area (Å²) in [5.41, 5.74) is 3.77. The minimum absolute atomic E-state index is 0.101. The van der Waals surface area contributed by atoms with Crippen LogP contribution in [-0.2, 0) is 11.3 Å². The number of pyridine rings is 1. The Morgan fingerprint density at radius 3 is 2.60 bits per heavy atom. The van der Waals surface area contributed by atoms with Gasteiger partial charge in [-0.05, 0) is 66.0 Å². The Morgan fingerprint density at radius 1 is 1.13 bits per heavy atom. The zero-order valence-electron chi connectivity index (χ0n) is 18.1. The summed E-state index contributed by atoms with van der Waals surface area (Å²) in [5.74, 6) is 0.672. The molecule has 4 rings (SSSR count). The molecule has 30 heavy (non-hydrogen) atoms. The summed E-state index contributed by atoms with van der Waals surface area (Å²) in [6.07, 6.45) is 0. The van der Waals surface area contributed by atoms with Gasteiger partial charge in [-0.1, -0.05) is 0 Å². The lowest BCUT2D eigenvalue weighted by molar-refractivity contribution is 0.119. The molecule has 1 saturated heterocycles. The van der Waals surface area contributed by atoms with Crippen molar-refractivity contribution in [1.29, 1.82) is 0 Å². The van der Waals surface area contributed by atoms with Crippen LogP contribution < -0.4 is 5.56 Å². The van der Waals surface area contributed by atoms with Crippen LogP contribution in [0.3, 0.4) is 0 Å². The summed E-state index contributed by atoms with van der Waals surface area (Å²) in [6, 6.07) is 5.83. The summed E-state index contributed by atoms with van der Waals surface area (Å²) >= 11 is 0. The molecule has 9 heteroatoms. The van der Waals surface area contributed by atoms with Crippen LogP contribution in [0, 0.1) is 13.8 Å². The summed E-state index contributed by atoms with van der Waals surface area (Å²) in [4.78, 5) is 20.9. The Bertz CT molecular complexity index is 1080. The standard InChI is InChI=1S/C21H29N7O2/c1-14-11-16-13-17(21(29)22-18(16)12-15(14)2)19(27-7-5-26(3)6-8-27)20-23-24-25-28(20)9-10-30-4/h11-13,19H,5-10H2,1-4H3,(H,22,29)/t19-/m1/s1. The fraction of sp³-hybridized carbons (Fsp3) is 0.524. The lowest BCUT2D eigenvalue weighted by atomic mass is 10.0. The van der Waals surface area contributed by atoms with Crippen LogP contribution in [0.1, 0.15) is 28.6 Å². The van der Waals surface area contributed by atoms with Gasteiger partial charge in [0, 0.05) is 44.4 Å². The van der Waals surface area contributed by atoms with Gasteiger partial charge in [0.1, 0.15) is 6.04 Å². The highest BCUT2D eigenvalue weighted by Gasteiger charge is 2.32. The Labute approximate surface area is 175 Å². The average Bonchev–Trinajstić information content (AvgIpc) is 3.18. The van der Waals surface area contributed by atoms with Gasteiger partial charge in [-0.2, -0.15) is 0 Å². The Hall–Kier alpha value is -2.62. The first-order valence-electron chi connectivity index (χ1n) is 10.3. The SMILES string of the molecule is COCCn1nnnc1[C@@H](c1cc2cc(C)c(C)cc2[nH]c1=O)N1CCN(C)CC1. The lowest BCUT2D eigenvalue weighted by Gasteiger charge is -2.37. The zero-order chi connectivity index (χ0) is 21.3. The summed E-state index contributed by atoms with van der Waals surface area (Å²) < 4.78 is 6.96. The van der Waals surface area contributed by atoms with Gasteiger partial charge in [0.25, 0.3) is 5.56 Å². The van der Waals surface area contributed by atoms with E-state index in [2.05, 4.69) is 57.3 Å². The van der Waals surface area contributed by atoms with Crippen molar-refractivity contribution in [3.8, 4) is 0 Å². The molecule has 1 N–H and O–H groups in total. The second-order valence-electron chi connectivity index (χ2n) is 8.07. The van der Waals surface area contributed by atoms with Crippen LogP contribution in [0.25, 0.3) is 10.9 Å². The second kappa shape index (κ2) is 8.63. The molecule has 1 aliphatic heterocycles. The molecule has 1 aliphatic rings. The smallest absolute Gasteiger partial charge is 0.253 e. The molecule has 2 aromatic heterocycles. The molecule has 0 saturated carbocycles. The number of rotatable bonds is 6. The van der Waals surface area contributed by atoms with Crippen LogP contribution in [0.4, 0.5) is 0 Å². The maximum atomic E-state index is 13.2. The molecule has 0 spiro atoms. The van der Waals surface area contributed by atoms with Gasteiger partial charge in [-0.15, -0.1) is 5.10 Å². The molecule has 0 aliphatic carbocycles. The van der Waals surface area contributed by atoms with Crippen LogP contribution in [0.15, 0.2) is 23.0 Å². The molecule has 0 unspecified atom stereocenters. The van der Waals surface area contributed by atoms with E-state index in [1.807, 2.05) is 12.1 Å². The minimum atomic E-state index is -0.319. The first-order chi connectivity index (χ1) is 14.5. The molecule has 160 valence electrons. The van der Waals surface area contributed by atoms with Crippen LogP contribution >= 0.6 is 0 Å². The fourth-order valence-corrected chi connectivity index (χ4v) is 4.02. The number of benzene rings is 1. The average molecular weight is 412 g/mol. The van der Waals surface area contributed by atoms with Gasteiger partial charge in [-0.25, -0.2) is 4.68 Å². The minimum Gasteiger partial charge on any atom is -0.383 e. The summed E-state index contributed by atoms with van der Waals surface area (Å²) in [6.45, 7) is 8.71. The number of tetrazole rings is 1. The summed E-state index contributed by atoms with van der Waals surface area (Å²) in [7, 11) is 3.77. The van der Waals surface area contributed by atoms with Crippen molar-refractivity contribution in [2.45, 2.75) is 26.4 Å². The van der Waals surface area contributed by atoms with E-state index in [0.29, 0.717) is 24.5 Å². The predicted molar refractivity (Wildman–Crippen MR) is 115 cm³/mol. The number of methoxy groups -OCH3 is 1. The molecule has 1 fully saturated rings. The number of hydrogen-bond acceptors (Lipinski definition) is 7. The highest BCUT2D eigenvalue weighted by molar-refractivity contribution is 5.81. The van der Waals surface area contributed by atoms with E-state index >= 15 is 0 Å². The normalized spacial score (nSPS) is 16.9. The number of piperazine rings is 1. The monoisotopic (exact) mass is 411 g/mol. The molecule has 0 amide bonds. The number of aromatic nitrogens is 5. The van der Waals surface area contributed by atoms with E-state index in [9.17, 15) is 4.79 Å². The van der Waals surface area contributed by atoms with Gasteiger partial charge < -0.3 is 14.6 Å². The number of ether oxygens (including phenoxy) is 1. The van der Waals surface area contributed by atoms with Crippen LogP contribution in [0.5, 0.6) is 0 Å². The van der Waals surface area contributed by atoms with Crippen molar-refractivity contribution in [2.24, 2.45) is 0 Å². The van der Waals surface area contributed by atoms with Gasteiger partial charge in [0.15, 0.2) is 5.82 Å². The molecular formula is C21H29N7O2. The first-order valence-corrected chi connectivity index (χ1v) is 10.3. The largest absolute Gasteiger partial charge is 0.383 e. The van der Waals surface area contributed by atoms with Crippen molar-refractivity contribution >= 4 is 10.9 Å². The quantitative estimate of drug-likeness (QED) is 0.650. The Balaban J connectivity index is 1.84. The van der Waals surface area contributed by atoms with Crippen molar-refractivity contribution < 1.29 is 4.74 Å². The highest BCUT2D eigenvalue weighted by Crippen LogP contribution is 2.28. The van der Waals surface area contributed by atoms with E-state index in [1.165, 1.54) is 5.56 Å². The van der Waals surface area contributed by atoms with Crippen molar-refractivity contribution in [1.82, 2.24) is 35.0 Å². The van der Waals surface area contributed by atoms with Gasteiger partial charge in [0.05, 0.1) is 13.2 Å². The van der Waals surface area contributed by atoms with E-state index in [1.54, 1.807) is 11.8 Å². The lowest BCUT2D eigenvalue weighted by Crippen LogP contribution is -2.47. The molecule has 3 aromatic rings. The predicted octanol–water partition coefficient (Wildman–Crippen LogP) is 1.11. The molecular weight excluding hydrogens is 382 g/mol. The third-order valence-corrected chi connectivity index (χ3v) is 6.00. The fourth-order valence-electron chi connectivity index (χ4n) is 4.02. The number of nitrogens with zero attached hydrogens (tertiary/aromatic N) is 6. The third-order valence-electron chi connectivity index (χ3n) is 6.00. The number of aromatic amines is 1. The molecule has 0 bridgehead atoms. The molecule has 1 atom stereocenters. The molecule has 9 nitrogen and oxygen atoms in total.